The largest absolute Gasteiger partial charge is 0.456 e. The first-order valence-corrected chi connectivity index (χ1v) is 12.9. The van der Waals surface area contributed by atoms with Gasteiger partial charge in [-0.15, -0.1) is 0 Å². The van der Waals surface area contributed by atoms with Gasteiger partial charge < -0.3 is 50.6 Å². The van der Waals surface area contributed by atoms with Crippen LogP contribution in [-0.2, 0) is 33.3 Å². The first-order chi connectivity index (χ1) is 19.4. The number of nitrogens with one attached hydrogen (secondary N) is 3. The SMILES string of the molecule is CO[C@H]1[C@@H](O)[C@H](n2ccc(=O)[nH]c2=O)O[C@@H]1[C@@H](O[C@H]1OC(C(=O)NC2CCC[C@@H](C)NC2=O)=C[C@H](O)[C@@H]1O)C(N)=O. The summed E-state index contributed by atoms with van der Waals surface area (Å²) in [6.07, 6.45) is -9.19. The summed E-state index contributed by atoms with van der Waals surface area (Å²) in [7, 11) is 1.19. The lowest BCUT2D eigenvalue weighted by Crippen LogP contribution is -2.54. The predicted octanol–water partition coefficient (Wildman–Crippen LogP) is -4.18. The number of nitrogens with two attached hydrogens (primary N) is 1. The van der Waals surface area contributed by atoms with Crippen LogP contribution in [0.2, 0.25) is 0 Å². The number of primary amides is 1. The van der Waals surface area contributed by atoms with Crippen molar-refractivity contribution in [3.8, 4) is 0 Å². The zero-order chi connectivity index (χ0) is 30.0. The summed E-state index contributed by atoms with van der Waals surface area (Å²) in [4.78, 5) is 63.5. The second-order valence-corrected chi connectivity index (χ2v) is 10.0. The zero-order valence-corrected chi connectivity index (χ0v) is 22.2. The first-order valence-electron chi connectivity index (χ1n) is 12.9. The minimum Gasteiger partial charge on any atom is -0.456 e. The van der Waals surface area contributed by atoms with Gasteiger partial charge in [-0.25, -0.2) is 4.79 Å². The minimum absolute atomic E-state index is 0.0651. The van der Waals surface area contributed by atoms with Crippen LogP contribution in [0.1, 0.15) is 32.4 Å². The molecule has 0 aliphatic carbocycles. The minimum atomic E-state index is -1.84. The second kappa shape index (κ2) is 12.5. The molecule has 1 aromatic heterocycles. The summed E-state index contributed by atoms with van der Waals surface area (Å²) in [6.45, 7) is 1.84. The summed E-state index contributed by atoms with van der Waals surface area (Å²) in [5.74, 6) is -2.92. The van der Waals surface area contributed by atoms with E-state index in [0.29, 0.717) is 12.8 Å². The Balaban J connectivity index is 1.51. The molecule has 4 rings (SSSR count). The number of nitrogens with zero attached hydrogens (tertiary/aromatic N) is 1. The summed E-state index contributed by atoms with van der Waals surface area (Å²) < 4.78 is 22.9. The lowest BCUT2D eigenvalue weighted by Gasteiger charge is -2.35. The molecule has 10 atom stereocenters. The van der Waals surface area contributed by atoms with Gasteiger partial charge in [0.2, 0.25) is 18.1 Å². The molecule has 17 nitrogen and oxygen atoms in total. The van der Waals surface area contributed by atoms with Crippen LogP contribution in [0.25, 0.3) is 0 Å². The Morgan fingerprint density at radius 1 is 1.20 bits per heavy atom. The molecule has 17 heteroatoms. The number of amides is 3. The van der Waals surface area contributed by atoms with Crippen LogP contribution in [-0.4, -0.2) is 105 Å². The summed E-state index contributed by atoms with van der Waals surface area (Å²) >= 11 is 0. The number of hydrogen-bond donors (Lipinski definition) is 7. The van der Waals surface area contributed by atoms with E-state index in [0.717, 1.165) is 29.3 Å². The number of carbonyl (C=O) groups is 3. The quantitative estimate of drug-likeness (QED) is 0.154. The Hall–Kier alpha value is -3.61. The van der Waals surface area contributed by atoms with Crippen LogP contribution in [0.3, 0.4) is 0 Å². The molecule has 226 valence electrons. The molecule has 0 bridgehead atoms. The van der Waals surface area contributed by atoms with E-state index in [1.54, 1.807) is 0 Å². The van der Waals surface area contributed by atoms with Gasteiger partial charge in [0.15, 0.2) is 18.1 Å². The Labute approximate surface area is 232 Å². The number of hydrogen-bond acceptors (Lipinski definition) is 12. The van der Waals surface area contributed by atoms with E-state index in [-0.39, 0.29) is 11.9 Å². The highest BCUT2D eigenvalue weighted by Gasteiger charge is 2.52. The molecule has 2 saturated heterocycles. The maximum Gasteiger partial charge on any atom is 0.330 e. The lowest BCUT2D eigenvalue weighted by molar-refractivity contribution is -0.241. The topological polar surface area (TPSA) is 254 Å². The van der Waals surface area contributed by atoms with Gasteiger partial charge in [-0.2, -0.15) is 0 Å². The molecule has 2 fully saturated rings. The number of aromatic nitrogens is 2. The fourth-order valence-electron chi connectivity index (χ4n) is 4.93. The maximum absolute atomic E-state index is 12.9. The molecule has 4 heterocycles. The Morgan fingerprint density at radius 2 is 1.93 bits per heavy atom. The van der Waals surface area contributed by atoms with Crippen molar-refractivity contribution >= 4 is 17.7 Å². The fraction of sp³-hybridized carbons (Fsp3) is 0.625. The van der Waals surface area contributed by atoms with E-state index in [2.05, 4.69) is 10.6 Å². The first kappa shape index (κ1) is 30.4. The lowest BCUT2D eigenvalue weighted by atomic mass is 10.0. The van der Waals surface area contributed by atoms with Gasteiger partial charge in [-0.3, -0.25) is 28.7 Å². The number of ether oxygens (including phenoxy) is 4. The summed E-state index contributed by atoms with van der Waals surface area (Å²) in [5, 5.41) is 37.0. The molecule has 41 heavy (non-hydrogen) atoms. The van der Waals surface area contributed by atoms with Crippen molar-refractivity contribution < 1.29 is 48.7 Å². The number of aromatic amines is 1. The highest BCUT2D eigenvalue weighted by molar-refractivity contribution is 5.95. The fourth-order valence-corrected chi connectivity index (χ4v) is 4.93. The molecular formula is C24H33N5O12. The second-order valence-electron chi connectivity index (χ2n) is 10.0. The normalized spacial score (nSPS) is 34.5. The van der Waals surface area contributed by atoms with Crippen molar-refractivity contribution in [2.24, 2.45) is 5.73 Å². The molecule has 3 aliphatic heterocycles. The van der Waals surface area contributed by atoms with Gasteiger partial charge in [-0.05, 0) is 32.3 Å². The molecular weight excluding hydrogens is 550 g/mol. The van der Waals surface area contributed by atoms with E-state index in [4.69, 9.17) is 24.7 Å². The molecule has 0 aromatic carbocycles. The van der Waals surface area contributed by atoms with Gasteiger partial charge >= 0.3 is 5.69 Å². The third-order valence-corrected chi connectivity index (χ3v) is 7.06. The van der Waals surface area contributed by atoms with Crippen LogP contribution in [0.5, 0.6) is 0 Å². The van der Waals surface area contributed by atoms with E-state index in [1.165, 1.54) is 7.11 Å². The van der Waals surface area contributed by atoms with E-state index < -0.39 is 84.0 Å². The van der Waals surface area contributed by atoms with Gasteiger partial charge in [0, 0.05) is 25.4 Å². The van der Waals surface area contributed by atoms with E-state index in [9.17, 15) is 39.3 Å². The van der Waals surface area contributed by atoms with Crippen molar-refractivity contribution in [1.82, 2.24) is 20.2 Å². The van der Waals surface area contributed by atoms with Crippen molar-refractivity contribution in [2.75, 3.05) is 7.11 Å². The zero-order valence-electron chi connectivity index (χ0n) is 22.2. The Kier molecular flexibility index (Phi) is 9.25. The summed E-state index contributed by atoms with van der Waals surface area (Å²) in [5.41, 5.74) is 3.92. The van der Waals surface area contributed by atoms with E-state index >= 15 is 0 Å². The van der Waals surface area contributed by atoms with Gasteiger partial charge in [0.25, 0.3) is 11.5 Å². The monoisotopic (exact) mass is 583 g/mol. The van der Waals surface area contributed by atoms with Gasteiger partial charge in [0.05, 0.1) is 0 Å². The van der Waals surface area contributed by atoms with Crippen LogP contribution >= 0.6 is 0 Å². The number of aliphatic hydroxyl groups is 3. The number of methoxy groups -OCH3 is 1. The van der Waals surface area contributed by atoms with Crippen LogP contribution < -0.4 is 27.6 Å². The molecule has 1 unspecified atom stereocenters. The van der Waals surface area contributed by atoms with Crippen LogP contribution in [0.4, 0.5) is 0 Å². The highest BCUT2D eigenvalue weighted by atomic mass is 16.7. The number of carbonyl (C=O) groups excluding carboxylic acids is 3. The van der Waals surface area contributed by atoms with Gasteiger partial charge in [0.1, 0.15) is 36.6 Å². The third-order valence-electron chi connectivity index (χ3n) is 7.06. The molecule has 1 aromatic rings. The van der Waals surface area contributed by atoms with E-state index in [1.807, 2.05) is 11.9 Å². The molecule has 8 N–H and O–H groups in total. The third kappa shape index (κ3) is 6.50. The molecule has 3 amide bonds. The number of H-pyrrole nitrogens is 1. The Morgan fingerprint density at radius 3 is 2.59 bits per heavy atom. The van der Waals surface area contributed by atoms with Crippen molar-refractivity contribution in [3.63, 3.8) is 0 Å². The van der Waals surface area contributed by atoms with Crippen molar-refractivity contribution in [2.45, 2.75) is 87.4 Å². The predicted molar refractivity (Wildman–Crippen MR) is 134 cm³/mol. The molecule has 0 spiro atoms. The molecule has 3 aliphatic rings. The molecule has 0 saturated carbocycles. The Bertz CT molecular complexity index is 1300. The maximum atomic E-state index is 12.9. The number of rotatable bonds is 8. The average Bonchev–Trinajstić information content (AvgIpc) is 3.14. The van der Waals surface area contributed by atoms with Crippen LogP contribution in [0, 0.1) is 0 Å². The average molecular weight is 584 g/mol. The van der Waals surface area contributed by atoms with Crippen molar-refractivity contribution in [3.05, 3.63) is 44.9 Å². The van der Waals surface area contributed by atoms with Gasteiger partial charge in [-0.1, -0.05) is 0 Å². The summed E-state index contributed by atoms with van der Waals surface area (Å²) in [6, 6.07) is 0.0768. The standard InChI is InChI=1S/C24H33N5O12/c1-9-4-3-5-10(20(35)26-9)27-21(36)12-8-11(30)14(32)23(39-12)41-18(19(25)34)17-16(38-2)15(33)22(40-17)29-7-6-13(31)28-24(29)37/h6-11,14-18,22-23,30,32-33H,3-5H2,1-2H3,(H2,25,34)(H,26,35)(H,27,36)(H,28,31,37)/t9-,10?,11+,14+,15-,16+,17+,18-,22-,23-/m1/s1. The van der Waals surface area contributed by atoms with Crippen LogP contribution in [0.15, 0.2) is 33.7 Å². The van der Waals surface area contributed by atoms with Crippen molar-refractivity contribution in [1.29, 1.82) is 0 Å². The molecule has 0 radical (unpaired) electrons. The smallest absolute Gasteiger partial charge is 0.330 e. The highest BCUT2D eigenvalue weighted by Crippen LogP contribution is 2.34. The number of aliphatic hydroxyl groups excluding tert-OH is 3.